The van der Waals surface area contributed by atoms with Gasteiger partial charge in [0.05, 0.1) is 18.4 Å². The van der Waals surface area contributed by atoms with Gasteiger partial charge in [-0.1, -0.05) is 60.7 Å². The van der Waals surface area contributed by atoms with Crippen LogP contribution in [-0.4, -0.2) is 24.3 Å². The Morgan fingerprint density at radius 2 is 1.59 bits per heavy atom. The number of aliphatic imine (C=N–C) groups is 1. The lowest BCUT2D eigenvalue weighted by Gasteiger charge is -2.14. The zero-order chi connectivity index (χ0) is 20.9. The summed E-state index contributed by atoms with van der Waals surface area (Å²) >= 11 is 0. The van der Waals surface area contributed by atoms with Crippen LogP contribution in [0.1, 0.15) is 33.1 Å². The fourth-order valence-corrected chi connectivity index (χ4v) is 2.80. The number of esters is 1. The third-order valence-corrected chi connectivity index (χ3v) is 4.25. The molecular formula is C22H17F3N2O2. The van der Waals surface area contributed by atoms with Crippen molar-refractivity contribution in [1.29, 1.82) is 0 Å². The van der Waals surface area contributed by atoms with E-state index in [4.69, 9.17) is 0 Å². The molecule has 0 unspecified atom stereocenters. The second-order valence-electron chi connectivity index (χ2n) is 6.16. The van der Waals surface area contributed by atoms with Crippen molar-refractivity contribution in [2.45, 2.75) is 12.1 Å². The van der Waals surface area contributed by atoms with Crippen LogP contribution in [0.2, 0.25) is 0 Å². The lowest BCUT2D eigenvalue weighted by atomic mass is 9.92. The Labute approximate surface area is 165 Å². The number of aromatic nitrogens is 1. The highest BCUT2D eigenvalue weighted by Gasteiger charge is 2.32. The van der Waals surface area contributed by atoms with Gasteiger partial charge in [-0.2, -0.15) is 13.2 Å². The first-order valence-electron chi connectivity index (χ1n) is 8.70. The summed E-state index contributed by atoms with van der Waals surface area (Å²) in [5, 5.41) is 0. The Balaban J connectivity index is 2.08. The number of ether oxygens (including phenoxy) is 1. The molecule has 0 bridgehead atoms. The van der Waals surface area contributed by atoms with E-state index >= 15 is 0 Å². The molecule has 4 nitrogen and oxygen atoms in total. The Morgan fingerprint density at radius 3 is 2.07 bits per heavy atom. The zero-order valence-corrected chi connectivity index (χ0v) is 15.4. The van der Waals surface area contributed by atoms with Gasteiger partial charge in [0.2, 0.25) is 0 Å². The molecule has 0 radical (unpaired) electrons. The highest BCUT2D eigenvalue weighted by molar-refractivity contribution is 5.93. The molecule has 7 heteroatoms. The highest BCUT2D eigenvalue weighted by atomic mass is 19.4. The number of halogens is 3. The van der Waals surface area contributed by atoms with Crippen LogP contribution in [0.3, 0.4) is 0 Å². The summed E-state index contributed by atoms with van der Waals surface area (Å²) in [6, 6.07) is 19.6. The average molecular weight is 398 g/mol. The van der Waals surface area contributed by atoms with Crippen molar-refractivity contribution in [3.05, 3.63) is 95.3 Å². The first kappa shape index (κ1) is 20.3. The number of pyridine rings is 1. The molecule has 2 aromatic carbocycles. The van der Waals surface area contributed by atoms with E-state index in [1.165, 1.54) is 6.21 Å². The van der Waals surface area contributed by atoms with Crippen molar-refractivity contribution < 1.29 is 22.7 Å². The molecule has 0 amide bonds. The number of methoxy groups -OCH3 is 1. The number of hydrogen-bond acceptors (Lipinski definition) is 4. The summed E-state index contributed by atoms with van der Waals surface area (Å²) in [6.45, 7) is 0. The summed E-state index contributed by atoms with van der Waals surface area (Å²) in [5.41, 5.74) is 0.331. The molecule has 3 rings (SSSR count). The standard InChI is InChI=1S/C22H17F3N2O2/c1-29-21(28)20-19(12-17(13-27-20)22(23,24)25)26-14-18(15-8-4-2-5-9-15)16-10-6-3-7-11-16/h2-14,18H,1H3. The minimum atomic E-state index is -4.61. The number of carbonyl (C=O) groups is 1. The maximum atomic E-state index is 13.1. The molecule has 0 saturated heterocycles. The van der Waals surface area contributed by atoms with Crippen molar-refractivity contribution in [2.24, 2.45) is 4.99 Å². The van der Waals surface area contributed by atoms with Gasteiger partial charge < -0.3 is 4.74 Å². The smallest absolute Gasteiger partial charge is 0.417 e. The van der Waals surface area contributed by atoms with E-state index < -0.39 is 17.7 Å². The van der Waals surface area contributed by atoms with Gasteiger partial charge in [-0.3, -0.25) is 4.99 Å². The van der Waals surface area contributed by atoms with E-state index in [-0.39, 0.29) is 17.3 Å². The fourth-order valence-electron chi connectivity index (χ4n) is 2.80. The minimum Gasteiger partial charge on any atom is -0.464 e. The molecule has 0 aliphatic carbocycles. The van der Waals surface area contributed by atoms with E-state index in [2.05, 4.69) is 14.7 Å². The van der Waals surface area contributed by atoms with Crippen LogP contribution in [-0.2, 0) is 10.9 Å². The summed E-state index contributed by atoms with van der Waals surface area (Å²) in [4.78, 5) is 19.8. The molecule has 3 aromatic rings. The van der Waals surface area contributed by atoms with Crippen LogP contribution in [0.15, 0.2) is 77.9 Å². The maximum absolute atomic E-state index is 13.1. The first-order valence-corrected chi connectivity index (χ1v) is 8.70. The molecule has 0 saturated carbocycles. The average Bonchev–Trinajstić information content (AvgIpc) is 2.74. The van der Waals surface area contributed by atoms with Crippen molar-refractivity contribution >= 4 is 17.9 Å². The molecule has 148 valence electrons. The van der Waals surface area contributed by atoms with E-state index in [1.807, 2.05) is 60.7 Å². The van der Waals surface area contributed by atoms with Crippen LogP contribution in [0.5, 0.6) is 0 Å². The van der Waals surface area contributed by atoms with E-state index in [0.717, 1.165) is 24.3 Å². The topological polar surface area (TPSA) is 51.5 Å². The van der Waals surface area contributed by atoms with Crippen molar-refractivity contribution in [1.82, 2.24) is 4.98 Å². The SMILES string of the molecule is COC(=O)c1ncc(C(F)(F)F)cc1N=CC(c1ccccc1)c1ccccc1. The van der Waals surface area contributed by atoms with Crippen LogP contribution >= 0.6 is 0 Å². The second-order valence-corrected chi connectivity index (χ2v) is 6.16. The number of rotatable bonds is 5. The molecule has 29 heavy (non-hydrogen) atoms. The predicted octanol–water partition coefficient (Wildman–Crippen LogP) is 5.42. The lowest BCUT2D eigenvalue weighted by molar-refractivity contribution is -0.137. The van der Waals surface area contributed by atoms with E-state index in [1.54, 1.807) is 0 Å². The first-order chi connectivity index (χ1) is 13.9. The van der Waals surface area contributed by atoms with Crippen molar-refractivity contribution in [2.75, 3.05) is 7.11 Å². The van der Waals surface area contributed by atoms with Crippen LogP contribution < -0.4 is 0 Å². The largest absolute Gasteiger partial charge is 0.464 e. The summed E-state index contributed by atoms with van der Waals surface area (Å²) in [7, 11) is 1.13. The molecule has 0 atom stereocenters. The van der Waals surface area contributed by atoms with Gasteiger partial charge in [0.15, 0.2) is 5.69 Å². The molecule has 1 aromatic heterocycles. The number of hydrogen-bond donors (Lipinski definition) is 0. The summed E-state index contributed by atoms with van der Waals surface area (Å²) in [6.07, 6.45) is -2.50. The molecule has 0 aliphatic rings. The maximum Gasteiger partial charge on any atom is 0.417 e. The van der Waals surface area contributed by atoms with Crippen LogP contribution in [0, 0.1) is 0 Å². The van der Waals surface area contributed by atoms with Crippen molar-refractivity contribution in [3.63, 3.8) is 0 Å². The monoisotopic (exact) mass is 398 g/mol. The van der Waals surface area contributed by atoms with Gasteiger partial charge in [-0.25, -0.2) is 9.78 Å². The van der Waals surface area contributed by atoms with E-state index in [0.29, 0.717) is 6.20 Å². The lowest BCUT2D eigenvalue weighted by Crippen LogP contribution is -2.10. The van der Waals surface area contributed by atoms with Crippen molar-refractivity contribution in [3.8, 4) is 0 Å². The van der Waals surface area contributed by atoms with E-state index in [9.17, 15) is 18.0 Å². The Kier molecular flexibility index (Phi) is 6.07. The number of nitrogens with zero attached hydrogens (tertiary/aromatic N) is 2. The highest BCUT2D eigenvalue weighted by Crippen LogP contribution is 2.33. The minimum absolute atomic E-state index is 0.205. The van der Waals surface area contributed by atoms with Crippen LogP contribution in [0.4, 0.5) is 18.9 Å². The molecule has 0 N–H and O–H groups in total. The molecule has 0 spiro atoms. The van der Waals surface area contributed by atoms with Gasteiger partial charge in [-0.05, 0) is 17.2 Å². The second kappa shape index (κ2) is 8.68. The number of alkyl halides is 3. The fraction of sp³-hybridized carbons (Fsp3) is 0.136. The zero-order valence-electron chi connectivity index (χ0n) is 15.4. The summed E-state index contributed by atoms with van der Waals surface area (Å²) < 4.78 is 43.9. The molecule has 0 fully saturated rings. The third-order valence-electron chi connectivity index (χ3n) is 4.25. The Bertz CT molecular complexity index is 964. The predicted molar refractivity (Wildman–Crippen MR) is 103 cm³/mol. The van der Waals surface area contributed by atoms with Gasteiger partial charge in [-0.15, -0.1) is 0 Å². The third kappa shape index (κ3) is 4.87. The summed E-state index contributed by atoms with van der Waals surface area (Å²) in [5.74, 6) is -1.18. The molecular weight excluding hydrogens is 381 g/mol. The van der Waals surface area contributed by atoms with Gasteiger partial charge in [0.1, 0.15) is 0 Å². The quantitative estimate of drug-likeness (QED) is 0.426. The normalized spacial score (nSPS) is 11.8. The number of carbonyl (C=O) groups excluding carboxylic acids is 1. The number of benzene rings is 2. The van der Waals surface area contributed by atoms with Crippen LogP contribution in [0.25, 0.3) is 0 Å². The Hall–Kier alpha value is -3.48. The van der Waals surface area contributed by atoms with Gasteiger partial charge in [0.25, 0.3) is 0 Å². The Morgan fingerprint density at radius 1 is 1.03 bits per heavy atom. The van der Waals surface area contributed by atoms with Gasteiger partial charge >= 0.3 is 12.1 Å². The molecule has 0 aliphatic heterocycles. The van der Waals surface area contributed by atoms with Gasteiger partial charge in [0, 0.05) is 18.3 Å². The molecule has 1 heterocycles.